The summed E-state index contributed by atoms with van der Waals surface area (Å²) in [5.41, 5.74) is 2.66. The second-order valence-electron chi connectivity index (χ2n) is 6.76. The summed E-state index contributed by atoms with van der Waals surface area (Å²) in [4.78, 5) is 4.47. The van der Waals surface area contributed by atoms with E-state index in [0.717, 1.165) is 16.7 Å². The number of aryl methyl sites for hydroxylation is 1. The Bertz CT molecular complexity index is 1270. The predicted octanol–water partition coefficient (Wildman–Crippen LogP) is 5.75. The van der Waals surface area contributed by atoms with Gasteiger partial charge in [0.25, 0.3) is 0 Å². The number of anilines is 1. The molecular weight excluding hydrogens is 420 g/mol. The maximum absolute atomic E-state index is 13.3. The summed E-state index contributed by atoms with van der Waals surface area (Å²) in [7, 11) is -3.92. The molecule has 0 aliphatic carbocycles. The summed E-state index contributed by atoms with van der Waals surface area (Å²) in [6.07, 6.45) is 0. The van der Waals surface area contributed by atoms with Gasteiger partial charge in [0, 0.05) is 17.1 Å². The molecule has 3 aromatic carbocycles. The minimum absolute atomic E-state index is 0.0966. The highest BCUT2D eigenvalue weighted by atomic mass is 35.5. The van der Waals surface area contributed by atoms with Crippen molar-refractivity contribution in [1.29, 1.82) is 0 Å². The molecule has 0 bridgehead atoms. The number of aromatic nitrogens is 1. The van der Waals surface area contributed by atoms with Gasteiger partial charge in [0.2, 0.25) is 26.6 Å². The monoisotopic (exact) mass is 438 g/mol. The first-order valence-electron chi connectivity index (χ1n) is 9.30. The summed E-state index contributed by atoms with van der Waals surface area (Å²) in [5, 5.41) is 3.39. The van der Waals surface area contributed by atoms with Gasteiger partial charge in [-0.2, -0.15) is 4.98 Å². The van der Waals surface area contributed by atoms with Crippen LogP contribution in [-0.4, -0.2) is 13.4 Å². The van der Waals surface area contributed by atoms with Crippen LogP contribution in [0.3, 0.4) is 0 Å². The van der Waals surface area contributed by atoms with E-state index >= 15 is 0 Å². The lowest BCUT2D eigenvalue weighted by molar-refractivity contribution is 0.576. The number of hydrogen-bond donors (Lipinski definition) is 1. The Morgan fingerprint density at radius 1 is 0.933 bits per heavy atom. The van der Waals surface area contributed by atoms with Crippen molar-refractivity contribution in [3.8, 4) is 11.5 Å². The summed E-state index contributed by atoms with van der Waals surface area (Å²) >= 11 is 5.92. The van der Waals surface area contributed by atoms with E-state index in [2.05, 4.69) is 10.3 Å². The van der Waals surface area contributed by atoms with Gasteiger partial charge in [0.1, 0.15) is 0 Å². The Kier molecular flexibility index (Phi) is 5.61. The molecule has 0 unspecified atom stereocenters. The maximum atomic E-state index is 13.3. The van der Waals surface area contributed by atoms with Gasteiger partial charge in [-0.1, -0.05) is 60.1 Å². The van der Waals surface area contributed by atoms with Gasteiger partial charge < -0.3 is 9.73 Å². The van der Waals surface area contributed by atoms with E-state index in [9.17, 15) is 8.42 Å². The average Bonchev–Trinajstić information content (AvgIpc) is 3.18. The Morgan fingerprint density at radius 2 is 1.60 bits per heavy atom. The molecule has 4 rings (SSSR count). The lowest BCUT2D eigenvalue weighted by Gasteiger charge is -2.06. The van der Waals surface area contributed by atoms with Gasteiger partial charge in [-0.25, -0.2) is 8.42 Å². The average molecular weight is 439 g/mol. The quantitative estimate of drug-likeness (QED) is 0.415. The topological polar surface area (TPSA) is 72.2 Å². The van der Waals surface area contributed by atoms with Gasteiger partial charge in [-0.3, -0.25) is 0 Å². The highest BCUT2D eigenvalue weighted by Gasteiger charge is 2.28. The molecule has 4 aromatic rings. The van der Waals surface area contributed by atoms with Gasteiger partial charge in [0.15, 0.2) is 0 Å². The SMILES string of the molecule is Cc1ccccc1-c1nc(S(=O)(=O)c2ccc(Cl)cc2)c(NCc2ccccc2)o1. The molecule has 152 valence electrons. The minimum Gasteiger partial charge on any atom is -0.419 e. The van der Waals surface area contributed by atoms with E-state index in [0.29, 0.717) is 11.6 Å². The molecule has 30 heavy (non-hydrogen) atoms. The number of hydrogen-bond acceptors (Lipinski definition) is 5. The Morgan fingerprint density at radius 3 is 2.30 bits per heavy atom. The molecule has 0 aliphatic heterocycles. The number of rotatable bonds is 6. The van der Waals surface area contributed by atoms with Crippen LogP contribution in [0.1, 0.15) is 11.1 Å². The van der Waals surface area contributed by atoms with Gasteiger partial charge >= 0.3 is 0 Å². The molecule has 0 saturated heterocycles. The smallest absolute Gasteiger partial charge is 0.234 e. The molecule has 0 aliphatic rings. The molecule has 0 amide bonds. The van der Waals surface area contributed by atoms with Crippen LogP contribution < -0.4 is 5.32 Å². The van der Waals surface area contributed by atoms with Crippen LogP contribution in [0.25, 0.3) is 11.5 Å². The lowest BCUT2D eigenvalue weighted by Crippen LogP contribution is -2.07. The second kappa shape index (κ2) is 8.34. The molecular formula is C23H19ClN2O3S. The molecule has 1 aromatic heterocycles. The summed E-state index contributed by atoms with van der Waals surface area (Å²) in [6, 6.07) is 23.2. The van der Waals surface area contributed by atoms with Crippen LogP contribution in [-0.2, 0) is 16.4 Å². The van der Waals surface area contributed by atoms with Crippen LogP contribution in [0.15, 0.2) is 93.2 Å². The number of oxazole rings is 1. The van der Waals surface area contributed by atoms with Gasteiger partial charge in [-0.15, -0.1) is 0 Å². The van der Waals surface area contributed by atoms with Crippen LogP contribution in [0.4, 0.5) is 5.88 Å². The molecule has 5 nitrogen and oxygen atoms in total. The number of halogens is 1. The lowest BCUT2D eigenvalue weighted by atomic mass is 10.1. The number of nitrogens with one attached hydrogen (secondary N) is 1. The van der Waals surface area contributed by atoms with E-state index in [1.54, 1.807) is 0 Å². The third-order valence-corrected chi connectivity index (χ3v) is 6.58. The van der Waals surface area contributed by atoms with E-state index in [-0.39, 0.29) is 21.7 Å². The van der Waals surface area contributed by atoms with Crippen molar-refractivity contribution in [2.24, 2.45) is 0 Å². The summed E-state index contributed by atoms with van der Waals surface area (Å²) in [6.45, 7) is 2.32. The maximum Gasteiger partial charge on any atom is 0.234 e. The largest absolute Gasteiger partial charge is 0.419 e. The molecule has 1 N–H and O–H groups in total. The fourth-order valence-corrected chi connectivity index (χ4v) is 4.44. The van der Waals surface area contributed by atoms with E-state index in [1.165, 1.54) is 24.3 Å². The number of sulfone groups is 1. The molecule has 0 atom stereocenters. The molecule has 0 saturated carbocycles. The normalized spacial score (nSPS) is 11.4. The Balaban J connectivity index is 1.79. The second-order valence-corrected chi connectivity index (χ2v) is 9.07. The van der Waals surface area contributed by atoms with Crippen molar-refractivity contribution in [1.82, 2.24) is 4.98 Å². The standard InChI is InChI=1S/C23H19ClN2O3S/c1-16-7-5-6-10-20(16)21-26-23(30(27,28)19-13-11-18(24)12-14-19)22(29-21)25-15-17-8-3-2-4-9-17/h2-14,25H,15H2,1H3. The highest BCUT2D eigenvalue weighted by Crippen LogP contribution is 2.34. The van der Waals surface area contributed by atoms with Gasteiger partial charge in [0.05, 0.1) is 4.90 Å². The van der Waals surface area contributed by atoms with Crippen LogP contribution >= 0.6 is 11.6 Å². The van der Waals surface area contributed by atoms with Crippen molar-refractivity contribution in [2.75, 3.05) is 5.32 Å². The fraction of sp³-hybridized carbons (Fsp3) is 0.0870. The zero-order valence-electron chi connectivity index (χ0n) is 16.2. The summed E-state index contributed by atoms with van der Waals surface area (Å²) in [5.74, 6) is 0.350. The van der Waals surface area contributed by atoms with Crippen molar-refractivity contribution < 1.29 is 12.8 Å². The van der Waals surface area contributed by atoms with E-state index in [4.69, 9.17) is 16.0 Å². The fourth-order valence-electron chi connectivity index (χ4n) is 3.03. The van der Waals surface area contributed by atoms with E-state index < -0.39 is 9.84 Å². The van der Waals surface area contributed by atoms with Gasteiger partial charge in [-0.05, 0) is 48.4 Å². The minimum atomic E-state index is -3.92. The first-order chi connectivity index (χ1) is 14.4. The zero-order valence-corrected chi connectivity index (χ0v) is 17.7. The first-order valence-corrected chi connectivity index (χ1v) is 11.2. The van der Waals surface area contributed by atoms with Crippen molar-refractivity contribution in [3.05, 3.63) is 95.0 Å². The molecule has 0 spiro atoms. The van der Waals surface area contributed by atoms with Crippen molar-refractivity contribution in [3.63, 3.8) is 0 Å². The van der Waals surface area contributed by atoms with Crippen LogP contribution in [0.2, 0.25) is 5.02 Å². The first kappa shape index (κ1) is 20.2. The van der Waals surface area contributed by atoms with Crippen LogP contribution in [0.5, 0.6) is 0 Å². The number of nitrogens with zero attached hydrogens (tertiary/aromatic N) is 1. The predicted molar refractivity (Wildman–Crippen MR) is 117 cm³/mol. The molecule has 1 heterocycles. The van der Waals surface area contributed by atoms with Crippen molar-refractivity contribution >= 4 is 27.3 Å². The van der Waals surface area contributed by atoms with Crippen LogP contribution in [0, 0.1) is 6.92 Å². The third-order valence-electron chi connectivity index (χ3n) is 4.65. The Labute approximate surface area is 180 Å². The van der Waals surface area contributed by atoms with E-state index in [1.807, 2.05) is 61.5 Å². The Hall–Kier alpha value is -3.09. The highest BCUT2D eigenvalue weighted by molar-refractivity contribution is 7.91. The zero-order chi connectivity index (χ0) is 21.1. The summed E-state index contributed by atoms with van der Waals surface area (Å²) < 4.78 is 32.5. The number of benzene rings is 3. The molecule has 0 radical (unpaired) electrons. The molecule has 7 heteroatoms. The van der Waals surface area contributed by atoms with Crippen molar-refractivity contribution in [2.45, 2.75) is 23.4 Å². The molecule has 0 fully saturated rings. The third kappa shape index (κ3) is 4.10.